The minimum Gasteiger partial charge on any atom is -0.496 e. The first kappa shape index (κ1) is 12.5. The van der Waals surface area contributed by atoms with E-state index in [2.05, 4.69) is 29.5 Å². The zero-order valence-corrected chi connectivity index (χ0v) is 11.3. The lowest BCUT2D eigenvalue weighted by atomic mass is 10.1. The number of nitrogens with one attached hydrogen (secondary N) is 1. The minimum atomic E-state index is 0.789. The van der Waals surface area contributed by atoms with Crippen LogP contribution in [0.1, 0.15) is 16.8 Å². The van der Waals surface area contributed by atoms with Crippen molar-refractivity contribution in [3.8, 4) is 5.75 Å². The van der Waals surface area contributed by atoms with E-state index in [-0.39, 0.29) is 0 Å². The first-order chi connectivity index (χ1) is 8.60. The summed E-state index contributed by atoms with van der Waals surface area (Å²) in [7, 11) is 3.62. The van der Waals surface area contributed by atoms with E-state index < -0.39 is 0 Å². The Morgan fingerprint density at radius 3 is 2.67 bits per heavy atom. The van der Waals surface area contributed by atoms with Crippen LogP contribution in [-0.4, -0.2) is 16.9 Å². The number of aromatic nitrogens is 2. The van der Waals surface area contributed by atoms with Crippen molar-refractivity contribution >= 4 is 5.69 Å². The SMILES string of the molecule is COc1ccc(CNc2cn(C)nc2C)cc1C. The van der Waals surface area contributed by atoms with Crippen molar-refractivity contribution in [1.82, 2.24) is 9.78 Å². The van der Waals surface area contributed by atoms with E-state index in [1.54, 1.807) is 7.11 Å². The molecular formula is C14H19N3O. The zero-order valence-electron chi connectivity index (χ0n) is 11.3. The quantitative estimate of drug-likeness (QED) is 0.900. The first-order valence-electron chi connectivity index (χ1n) is 5.98. The third-order valence-corrected chi connectivity index (χ3v) is 2.96. The Balaban J connectivity index is 2.06. The van der Waals surface area contributed by atoms with Crippen LogP contribution in [0, 0.1) is 13.8 Å². The maximum atomic E-state index is 5.25. The molecule has 0 fully saturated rings. The van der Waals surface area contributed by atoms with Crippen molar-refractivity contribution in [3.05, 3.63) is 41.2 Å². The predicted molar refractivity (Wildman–Crippen MR) is 73.0 cm³/mol. The minimum absolute atomic E-state index is 0.789. The second-order valence-corrected chi connectivity index (χ2v) is 4.46. The molecule has 0 radical (unpaired) electrons. The molecule has 1 N–H and O–H groups in total. The highest BCUT2D eigenvalue weighted by molar-refractivity contribution is 5.46. The van der Waals surface area contributed by atoms with Gasteiger partial charge in [-0.05, 0) is 31.0 Å². The van der Waals surface area contributed by atoms with Gasteiger partial charge in [0.15, 0.2) is 0 Å². The molecule has 0 aliphatic heterocycles. The van der Waals surface area contributed by atoms with Crippen LogP contribution < -0.4 is 10.1 Å². The number of nitrogens with zero attached hydrogens (tertiary/aromatic N) is 2. The number of rotatable bonds is 4. The lowest BCUT2D eigenvalue weighted by Gasteiger charge is -2.08. The molecule has 2 rings (SSSR count). The summed E-state index contributed by atoms with van der Waals surface area (Å²) in [5.41, 5.74) is 4.48. The Bertz CT molecular complexity index is 546. The van der Waals surface area contributed by atoms with Gasteiger partial charge in [0.05, 0.1) is 18.5 Å². The maximum absolute atomic E-state index is 5.25. The molecular weight excluding hydrogens is 226 g/mol. The van der Waals surface area contributed by atoms with Crippen LogP contribution in [0.4, 0.5) is 5.69 Å². The van der Waals surface area contributed by atoms with Gasteiger partial charge >= 0.3 is 0 Å². The molecule has 0 saturated carbocycles. The average Bonchev–Trinajstić information content (AvgIpc) is 2.65. The van der Waals surface area contributed by atoms with Crippen LogP contribution in [0.5, 0.6) is 5.75 Å². The average molecular weight is 245 g/mol. The van der Waals surface area contributed by atoms with Gasteiger partial charge in [0.2, 0.25) is 0 Å². The Hall–Kier alpha value is -1.97. The molecule has 0 bridgehead atoms. The van der Waals surface area contributed by atoms with Gasteiger partial charge in [-0.1, -0.05) is 12.1 Å². The van der Waals surface area contributed by atoms with E-state index in [1.165, 1.54) is 5.56 Å². The zero-order chi connectivity index (χ0) is 13.1. The van der Waals surface area contributed by atoms with Crippen LogP contribution in [-0.2, 0) is 13.6 Å². The largest absolute Gasteiger partial charge is 0.496 e. The molecule has 0 amide bonds. The molecule has 2 aromatic rings. The van der Waals surface area contributed by atoms with Crippen molar-refractivity contribution < 1.29 is 4.74 Å². The summed E-state index contributed by atoms with van der Waals surface area (Å²) in [5, 5.41) is 7.69. The van der Waals surface area contributed by atoms with E-state index in [0.29, 0.717) is 0 Å². The van der Waals surface area contributed by atoms with Gasteiger partial charge in [-0.25, -0.2) is 0 Å². The van der Waals surface area contributed by atoms with Gasteiger partial charge in [0, 0.05) is 19.8 Å². The van der Waals surface area contributed by atoms with Gasteiger partial charge in [0.1, 0.15) is 5.75 Å². The molecule has 4 heteroatoms. The van der Waals surface area contributed by atoms with E-state index in [1.807, 2.05) is 30.9 Å². The molecule has 0 aliphatic rings. The highest BCUT2D eigenvalue weighted by Gasteiger charge is 2.03. The Kier molecular flexibility index (Phi) is 3.55. The summed E-state index contributed by atoms with van der Waals surface area (Å²) in [6.45, 7) is 4.84. The van der Waals surface area contributed by atoms with E-state index in [9.17, 15) is 0 Å². The molecule has 0 spiro atoms. The Morgan fingerprint density at radius 2 is 2.11 bits per heavy atom. The fourth-order valence-corrected chi connectivity index (χ4v) is 2.02. The third kappa shape index (κ3) is 2.64. The lowest BCUT2D eigenvalue weighted by molar-refractivity contribution is 0.411. The molecule has 96 valence electrons. The first-order valence-corrected chi connectivity index (χ1v) is 5.98. The normalized spacial score (nSPS) is 10.4. The predicted octanol–water partition coefficient (Wildman–Crippen LogP) is 2.66. The van der Waals surface area contributed by atoms with Gasteiger partial charge < -0.3 is 10.1 Å². The van der Waals surface area contributed by atoms with Crippen molar-refractivity contribution in [1.29, 1.82) is 0 Å². The summed E-state index contributed by atoms with van der Waals surface area (Å²) in [6.07, 6.45) is 1.99. The molecule has 4 nitrogen and oxygen atoms in total. The fourth-order valence-electron chi connectivity index (χ4n) is 2.02. The molecule has 0 aliphatic carbocycles. The van der Waals surface area contributed by atoms with Gasteiger partial charge in [0.25, 0.3) is 0 Å². The van der Waals surface area contributed by atoms with E-state index in [4.69, 9.17) is 4.74 Å². The summed E-state index contributed by atoms with van der Waals surface area (Å²) in [5.74, 6) is 0.927. The monoisotopic (exact) mass is 245 g/mol. The summed E-state index contributed by atoms with van der Waals surface area (Å²) < 4.78 is 7.07. The summed E-state index contributed by atoms with van der Waals surface area (Å²) in [4.78, 5) is 0. The lowest BCUT2D eigenvalue weighted by Crippen LogP contribution is -2.00. The molecule has 0 atom stereocenters. The number of hydrogen-bond donors (Lipinski definition) is 1. The van der Waals surface area contributed by atoms with Gasteiger partial charge in [-0.2, -0.15) is 5.10 Å². The number of benzene rings is 1. The number of aryl methyl sites for hydroxylation is 3. The van der Waals surface area contributed by atoms with Crippen LogP contribution in [0.3, 0.4) is 0 Å². The van der Waals surface area contributed by atoms with Crippen LogP contribution in [0.15, 0.2) is 24.4 Å². The van der Waals surface area contributed by atoms with Crippen LogP contribution >= 0.6 is 0 Å². The molecule has 1 aromatic carbocycles. The number of ether oxygens (including phenoxy) is 1. The van der Waals surface area contributed by atoms with Crippen LogP contribution in [0.25, 0.3) is 0 Å². The Labute approximate surface area is 108 Å². The second kappa shape index (κ2) is 5.12. The van der Waals surface area contributed by atoms with Gasteiger partial charge in [-0.3, -0.25) is 4.68 Å². The van der Waals surface area contributed by atoms with Crippen molar-refractivity contribution in [2.45, 2.75) is 20.4 Å². The van der Waals surface area contributed by atoms with E-state index >= 15 is 0 Å². The van der Waals surface area contributed by atoms with Gasteiger partial charge in [-0.15, -0.1) is 0 Å². The fraction of sp³-hybridized carbons (Fsp3) is 0.357. The highest BCUT2D eigenvalue weighted by atomic mass is 16.5. The third-order valence-electron chi connectivity index (χ3n) is 2.96. The van der Waals surface area contributed by atoms with Crippen molar-refractivity contribution in [3.63, 3.8) is 0 Å². The summed E-state index contributed by atoms with van der Waals surface area (Å²) >= 11 is 0. The van der Waals surface area contributed by atoms with Crippen molar-refractivity contribution in [2.24, 2.45) is 7.05 Å². The smallest absolute Gasteiger partial charge is 0.121 e. The summed E-state index contributed by atoms with van der Waals surface area (Å²) in [6, 6.07) is 6.21. The number of anilines is 1. The molecule has 1 aromatic heterocycles. The highest BCUT2D eigenvalue weighted by Crippen LogP contribution is 2.19. The molecule has 0 unspecified atom stereocenters. The maximum Gasteiger partial charge on any atom is 0.121 e. The molecule has 18 heavy (non-hydrogen) atoms. The van der Waals surface area contributed by atoms with E-state index in [0.717, 1.165) is 29.2 Å². The second-order valence-electron chi connectivity index (χ2n) is 4.46. The molecule has 1 heterocycles. The van der Waals surface area contributed by atoms with Crippen molar-refractivity contribution in [2.75, 3.05) is 12.4 Å². The molecule has 0 saturated heterocycles. The Morgan fingerprint density at radius 1 is 1.33 bits per heavy atom. The number of methoxy groups -OCH3 is 1. The van der Waals surface area contributed by atoms with Crippen LogP contribution in [0.2, 0.25) is 0 Å². The topological polar surface area (TPSA) is 39.1 Å². The number of hydrogen-bond acceptors (Lipinski definition) is 3. The standard InChI is InChI=1S/C14H19N3O/c1-10-7-12(5-6-14(10)18-4)8-15-13-9-17(3)16-11(13)2/h5-7,9,15H,8H2,1-4H3.